The molecule has 0 aliphatic carbocycles. The number of aliphatic hydroxyl groups excluding tert-OH is 3. The Hall–Kier alpha value is -1.87. The maximum absolute atomic E-state index is 12.9. The van der Waals surface area contributed by atoms with Gasteiger partial charge < -0.3 is 34.3 Å². The van der Waals surface area contributed by atoms with Crippen LogP contribution in [0.15, 0.2) is 24.3 Å². The van der Waals surface area contributed by atoms with Crippen LogP contribution in [-0.2, 0) is 38.7 Å². The average molecular weight is 959 g/mol. The molecule has 0 aromatic heterocycles. The quantitative estimate of drug-likeness (QED) is 0.0196. The second kappa shape index (κ2) is 43.2. The molecule has 1 saturated heterocycles. The van der Waals surface area contributed by atoms with Gasteiger partial charge in [0.2, 0.25) is 0 Å². The second-order valence-electron chi connectivity index (χ2n) is 18.9. The molecule has 2 unspecified atom stereocenters. The number of carbonyl (C=O) groups excluding carboxylic acids is 2. The van der Waals surface area contributed by atoms with E-state index in [0.29, 0.717) is 19.3 Å². The molecule has 0 spiro atoms. The van der Waals surface area contributed by atoms with Gasteiger partial charge in [-0.2, -0.15) is 8.42 Å². The summed E-state index contributed by atoms with van der Waals surface area (Å²) in [6.45, 7) is 3.77. The van der Waals surface area contributed by atoms with E-state index < -0.39 is 71.2 Å². The van der Waals surface area contributed by atoms with Gasteiger partial charge in [0.05, 0.1) is 6.61 Å². The number of ether oxygens (including phenoxy) is 4. The third-order valence-corrected chi connectivity index (χ3v) is 13.3. The monoisotopic (exact) mass is 959 g/mol. The first-order valence-corrected chi connectivity index (χ1v) is 28.5. The Morgan fingerprint density at radius 2 is 0.924 bits per heavy atom. The number of allylic oxidation sites excluding steroid dienone is 4. The van der Waals surface area contributed by atoms with Crippen molar-refractivity contribution in [2.45, 2.75) is 282 Å². The molecule has 66 heavy (non-hydrogen) atoms. The van der Waals surface area contributed by atoms with Gasteiger partial charge in [-0.1, -0.05) is 218 Å². The molecule has 1 heterocycles. The largest absolute Gasteiger partial charge is 0.462 e. The number of hydrogen-bond acceptors (Lipinski definition) is 11. The maximum Gasteiger partial charge on any atom is 0.306 e. The van der Waals surface area contributed by atoms with Crippen LogP contribution in [0.5, 0.6) is 0 Å². The third kappa shape index (κ3) is 37.1. The Labute approximate surface area is 402 Å². The molecular weight excluding hydrogens is 861 g/mol. The lowest BCUT2D eigenvalue weighted by Gasteiger charge is -2.40. The average Bonchev–Trinajstić information content (AvgIpc) is 3.28. The van der Waals surface area contributed by atoms with Gasteiger partial charge >= 0.3 is 11.9 Å². The van der Waals surface area contributed by atoms with Crippen LogP contribution >= 0.6 is 0 Å². The molecule has 0 saturated carbocycles. The zero-order chi connectivity index (χ0) is 48.4. The molecule has 1 aliphatic rings. The third-order valence-electron chi connectivity index (χ3n) is 12.5. The molecule has 0 bridgehead atoms. The molecule has 0 aromatic rings. The topological polar surface area (TPSA) is 186 Å². The number of aliphatic hydroxyl groups is 3. The standard InChI is InChI=1S/C53H98O12S/c1-3-5-7-9-11-13-15-17-19-21-22-23-24-26-28-30-32-34-36-38-40-42-49(55)64-46(44-63-53-52(58)51(57)50(56)47(65-53)45-66(59,60)61)43-62-48(54)41-39-37-35-33-31-29-27-25-20-18-16-14-12-10-8-6-4-2/h27,29,33,35,46-47,50-53,56-58H,3-26,28,30-32,34,36-45H2,1-2H3,(H,59,60,61)/b29-27+,35-33+/t46-,47-,50-,51?,52?,53+/m1/s1. The second-order valence-corrected chi connectivity index (χ2v) is 20.4. The lowest BCUT2D eigenvalue weighted by atomic mass is 10.00. The van der Waals surface area contributed by atoms with Crippen molar-refractivity contribution < 1.29 is 56.8 Å². The fraction of sp³-hybridized carbons (Fsp3) is 0.887. The Balaban J connectivity index is 2.36. The summed E-state index contributed by atoms with van der Waals surface area (Å²) in [6.07, 6.45) is 40.9. The molecule has 0 aromatic carbocycles. The lowest BCUT2D eigenvalue weighted by molar-refractivity contribution is -0.297. The van der Waals surface area contributed by atoms with Crippen LogP contribution in [0.4, 0.5) is 0 Å². The first-order chi connectivity index (χ1) is 32.0. The summed E-state index contributed by atoms with van der Waals surface area (Å²) in [6, 6.07) is 0. The molecule has 1 aliphatic heterocycles. The van der Waals surface area contributed by atoms with Crippen molar-refractivity contribution in [3.8, 4) is 0 Å². The first-order valence-electron chi connectivity index (χ1n) is 26.9. The Bertz CT molecular complexity index is 1310. The van der Waals surface area contributed by atoms with Crippen molar-refractivity contribution in [1.29, 1.82) is 0 Å². The van der Waals surface area contributed by atoms with E-state index in [9.17, 15) is 37.9 Å². The van der Waals surface area contributed by atoms with E-state index in [4.69, 9.17) is 18.9 Å². The van der Waals surface area contributed by atoms with E-state index in [1.54, 1.807) is 0 Å². The van der Waals surface area contributed by atoms with Crippen LogP contribution in [0.1, 0.15) is 245 Å². The van der Waals surface area contributed by atoms with Crippen molar-refractivity contribution in [1.82, 2.24) is 0 Å². The highest BCUT2D eigenvalue weighted by atomic mass is 32.2. The molecule has 1 fully saturated rings. The normalized spacial score (nSPS) is 19.5. The Morgan fingerprint density at radius 3 is 1.38 bits per heavy atom. The predicted octanol–water partition coefficient (Wildman–Crippen LogP) is 12.3. The van der Waals surface area contributed by atoms with Gasteiger partial charge in [0.15, 0.2) is 12.4 Å². The number of hydrogen-bond donors (Lipinski definition) is 4. The maximum atomic E-state index is 12.9. The zero-order valence-corrected chi connectivity index (χ0v) is 42.6. The van der Waals surface area contributed by atoms with Gasteiger partial charge in [0.25, 0.3) is 10.1 Å². The van der Waals surface area contributed by atoms with Gasteiger partial charge in [0, 0.05) is 12.8 Å². The summed E-state index contributed by atoms with van der Waals surface area (Å²) in [4.78, 5) is 25.5. The van der Waals surface area contributed by atoms with Crippen molar-refractivity contribution >= 4 is 22.1 Å². The SMILES string of the molecule is CCCCCCCCCCC/C=C/C/C=C/CCCC(=O)OC[C@H](CO[C@H]1O[C@H](CS(=O)(=O)O)[C@@H](O)C(O)C1O)OC(=O)CCCCCCCCCCCCCCCCCCCCCCC. The lowest BCUT2D eigenvalue weighted by Crippen LogP contribution is -2.60. The highest BCUT2D eigenvalue weighted by Gasteiger charge is 2.46. The molecule has 4 N–H and O–H groups in total. The van der Waals surface area contributed by atoms with Gasteiger partial charge in [-0.05, 0) is 38.5 Å². The minimum atomic E-state index is -4.61. The molecule has 1 rings (SSSR count). The molecule has 12 nitrogen and oxygen atoms in total. The fourth-order valence-corrected chi connectivity index (χ4v) is 9.06. The van der Waals surface area contributed by atoms with Gasteiger partial charge in [0.1, 0.15) is 36.8 Å². The van der Waals surface area contributed by atoms with E-state index in [1.807, 2.05) is 6.08 Å². The summed E-state index contributed by atoms with van der Waals surface area (Å²) in [7, 11) is -4.61. The molecule has 0 radical (unpaired) electrons. The van der Waals surface area contributed by atoms with Crippen LogP contribution in [0.3, 0.4) is 0 Å². The molecule has 6 atom stereocenters. The van der Waals surface area contributed by atoms with E-state index in [2.05, 4.69) is 32.1 Å². The van der Waals surface area contributed by atoms with Crippen LogP contribution in [0.25, 0.3) is 0 Å². The van der Waals surface area contributed by atoms with Crippen LogP contribution in [0.2, 0.25) is 0 Å². The van der Waals surface area contributed by atoms with Crippen molar-refractivity contribution in [2.75, 3.05) is 19.0 Å². The minimum absolute atomic E-state index is 0.158. The van der Waals surface area contributed by atoms with Crippen LogP contribution < -0.4 is 0 Å². The highest BCUT2D eigenvalue weighted by Crippen LogP contribution is 2.24. The highest BCUT2D eigenvalue weighted by molar-refractivity contribution is 7.85. The van der Waals surface area contributed by atoms with Crippen molar-refractivity contribution in [2.24, 2.45) is 0 Å². The van der Waals surface area contributed by atoms with Gasteiger partial charge in [-0.15, -0.1) is 0 Å². The van der Waals surface area contributed by atoms with Gasteiger partial charge in [-0.25, -0.2) is 0 Å². The summed E-state index contributed by atoms with van der Waals surface area (Å²) in [5.41, 5.74) is 0. The van der Waals surface area contributed by atoms with E-state index in [0.717, 1.165) is 32.1 Å². The number of rotatable bonds is 46. The van der Waals surface area contributed by atoms with E-state index in [1.165, 1.54) is 167 Å². The Kier molecular flexibility index (Phi) is 40.7. The number of unbranched alkanes of at least 4 members (excludes halogenated alkanes) is 30. The predicted molar refractivity (Wildman–Crippen MR) is 266 cm³/mol. The van der Waals surface area contributed by atoms with Crippen molar-refractivity contribution in [3.05, 3.63) is 24.3 Å². The van der Waals surface area contributed by atoms with Gasteiger partial charge in [-0.3, -0.25) is 14.1 Å². The summed E-state index contributed by atoms with van der Waals surface area (Å²) < 4.78 is 54.2. The van der Waals surface area contributed by atoms with E-state index in [-0.39, 0.29) is 19.4 Å². The first kappa shape index (κ1) is 62.1. The number of esters is 2. The van der Waals surface area contributed by atoms with E-state index >= 15 is 0 Å². The molecule has 0 amide bonds. The summed E-state index contributed by atoms with van der Waals surface area (Å²) in [5.74, 6) is -2.02. The van der Waals surface area contributed by atoms with Crippen LogP contribution in [-0.4, -0.2) is 96.0 Å². The number of carbonyl (C=O) groups is 2. The molecule has 388 valence electrons. The minimum Gasteiger partial charge on any atom is -0.462 e. The van der Waals surface area contributed by atoms with Crippen LogP contribution in [0, 0.1) is 0 Å². The Morgan fingerprint density at radius 1 is 0.515 bits per heavy atom. The molecule has 13 heteroatoms. The summed E-state index contributed by atoms with van der Waals surface area (Å²) in [5, 5.41) is 31.0. The fourth-order valence-electron chi connectivity index (χ4n) is 8.37. The van der Waals surface area contributed by atoms with Crippen molar-refractivity contribution in [3.63, 3.8) is 0 Å². The molecular formula is C53H98O12S. The smallest absolute Gasteiger partial charge is 0.306 e. The summed E-state index contributed by atoms with van der Waals surface area (Å²) >= 11 is 0. The zero-order valence-electron chi connectivity index (χ0n) is 41.8.